The molecule has 25 heavy (non-hydrogen) atoms. The van der Waals surface area contributed by atoms with Crippen LogP contribution in [0.1, 0.15) is 15.9 Å². The lowest BCUT2D eigenvalue weighted by atomic mass is 10.1. The number of benzene rings is 2. The number of hydrogen-bond donors (Lipinski definition) is 2. The van der Waals surface area contributed by atoms with Crippen molar-refractivity contribution >= 4 is 51.9 Å². The zero-order chi connectivity index (χ0) is 17.8. The first kappa shape index (κ1) is 17.6. The van der Waals surface area contributed by atoms with Gasteiger partial charge in [-0.25, -0.2) is 0 Å². The number of rotatable bonds is 3. The number of amides is 1. The molecule has 3 rings (SSSR count). The summed E-state index contributed by atoms with van der Waals surface area (Å²) in [6.07, 6.45) is 0. The first-order chi connectivity index (χ1) is 12.0. The first-order valence-corrected chi connectivity index (χ1v) is 9.22. The Bertz CT molecular complexity index is 923. The molecule has 0 saturated heterocycles. The van der Waals surface area contributed by atoms with Gasteiger partial charge < -0.3 is 5.32 Å². The number of halogens is 1. The Morgan fingerprint density at radius 3 is 2.60 bits per heavy atom. The Morgan fingerprint density at radius 1 is 1.12 bits per heavy atom. The van der Waals surface area contributed by atoms with Gasteiger partial charge in [-0.3, -0.25) is 10.1 Å². The monoisotopic (exact) mass is 386 g/mol. The van der Waals surface area contributed by atoms with Crippen molar-refractivity contribution in [3.05, 3.63) is 76.1 Å². The molecular weight excluding hydrogens is 372 g/mol. The molecule has 0 bridgehead atoms. The molecule has 1 aromatic heterocycles. The first-order valence-electron chi connectivity index (χ1n) is 7.56. The predicted molar refractivity (Wildman–Crippen MR) is 110 cm³/mol. The molecule has 0 fully saturated rings. The molecule has 126 valence electrons. The predicted octanol–water partition coefficient (Wildman–Crippen LogP) is 5.50. The molecule has 6 heteroatoms. The molecule has 2 aromatic carbocycles. The average molecular weight is 387 g/mol. The second-order valence-electron chi connectivity index (χ2n) is 5.40. The highest BCUT2D eigenvalue weighted by Gasteiger charge is 2.11. The Labute approximate surface area is 160 Å². The smallest absolute Gasteiger partial charge is 0.257 e. The van der Waals surface area contributed by atoms with Crippen LogP contribution in [0, 0.1) is 6.92 Å². The van der Waals surface area contributed by atoms with E-state index in [4.69, 9.17) is 23.8 Å². The van der Waals surface area contributed by atoms with Crippen LogP contribution in [0.15, 0.2) is 60.0 Å². The highest BCUT2D eigenvalue weighted by Crippen LogP contribution is 2.33. The second kappa shape index (κ2) is 7.78. The molecule has 0 atom stereocenters. The van der Waals surface area contributed by atoms with Crippen LogP contribution in [0.4, 0.5) is 5.69 Å². The van der Waals surface area contributed by atoms with Gasteiger partial charge >= 0.3 is 0 Å². The van der Waals surface area contributed by atoms with Crippen LogP contribution in [-0.2, 0) is 0 Å². The number of carbonyl (C=O) groups excluding carboxylic acids is 1. The van der Waals surface area contributed by atoms with E-state index in [9.17, 15) is 4.79 Å². The van der Waals surface area contributed by atoms with Gasteiger partial charge in [0.25, 0.3) is 5.91 Å². The summed E-state index contributed by atoms with van der Waals surface area (Å²) in [5, 5.41) is 8.54. The number of hydrogen-bond acceptors (Lipinski definition) is 3. The van der Waals surface area contributed by atoms with Gasteiger partial charge in [-0.05, 0) is 60.4 Å². The van der Waals surface area contributed by atoms with Gasteiger partial charge in [0, 0.05) is 21.7 Å². The van der Waals surface area contributed by atoms with Crippen LogP contribution < -0.4 is 10.6 Å². The summed E-state index contributed by atoms with van der Waals surface area (Å²) in [5.74, 6) is -0.239. The summed E-state index contributed by atoms with van der Waals surface area (Å²) in [6.45, 7) is 1.88. The van der Waals surface area contributed by atoms with Crippen molar-refractivity contribution in [2.24, 2.45) is 0 Å². The largest absolute Gasteiger partial charge is 0.332 e. The minimum absolute atomic E-state index is 0.230. The minimum Gasteiger partial charge on any atom is -0.332 e. The average Bonchev–Trinajstić information content (AvgIpc) is 3.09. The SMILES string of the molecule is Cc1ccccc1C(=O)NC(=S)Nc1ccc(-c2cccs2)c(Cl)c1. The van der Waals surface area contributed by atoms with Gasteiger partial charge in [0.05, 0.1) is 5.02 Å². The van der Waals surface area contributed by atoms with Crippen LogP contribution in [0.3, 0.4) is 0 Å². The highest BCUT2D eigenvalue weighted by molar-refractivity contribution is 7.80. The maximum atomic E-state index is 12.3. The summed E-state index contributed by atoms with van der Waals surface area (Å²) in [5.41, 5.74) is 3.18. The molecule has 0 aliphatic rings. The van der Waals surface area contributed by atoms with Crippen LogP contribution in [0.25, 0.3) is 10.4 Å². The zero-order valence-corrected chi connectivity index (χ0v) is 15.8. The Balaban J connectivity index is 1.68. The van der Waals surface area contributed by atoms with Crippen LogP contribution in [0.2, 0.25) is 5.02 Å². The Hall–Kier alpha value is -2.21. The van der Waals surface area contributed by atoms with Crippen molar-refractivity contribution in [2.75, 3.05) is 5.32 Å². The molecule has 2 N–H and O–H groups in total. The van der Waals surface area contributed by atoms with E-state index in [1.165, 1.54) is 0 Å². The molecule has 0 saturated carbocycles. The maximum absolute atomic E-state index is 12.3. The van der Waals surface area contributed by atoms with Gasteiger partial charge in [0.15, 0.2) is 5.11 Å². The van der Waals surface area contributed by atoms with Gasteiger partial charge in [0.1, 0.15) is 0 Å². The lowest BCUT2D eigenvalue weighted by Crippen LogP contribution is -2.34. The third-order valence-corrected chi connectivity index (χ3v) is 5.05. The van der Waals surface area contributed by atoms with Crippen molar-refractivity contribution in [1.82, 2.24) is 5.32 Å². The summed E-state index contributed by atoms with van der Waals surface area (Å²) in [4.78, 5) is 13.4. The van der Waals surface area contributed by atoms with Gasteiger partial charge in [0.2, 0.25) is 0 Å². The fraction of sp³-hybridized carbons (Fsp3) is 0.0526. The molecule has 0 unspecified atom stereocenters. The highest BCUT2D eigenvalue weighted by atomic mass is 35.5. The van der Waals surface area contributed by atoms with E-state index in [0.717, 1.165) is 21.7 Å². The summed E-state index contributed by atoms with van der Waals surface area (Å²) < 4.78 is 0. The third-order valence-electron chi connectivity index (χ3n) is 3.63. The number of nitrogens with one attached hydrogen (secondary N) is 2. The second-order valence-corrected chi connectivity index (χ2v) is 7.16. The molecule has 0 radical (unpaired) electrons. The third kappa shape index (κ3) is 4.25. The minimum atomic E-state index is -0.239. The molecule has 3 nitrogen and oxygen atoms in total. The van der Waals surface area contributed by atoms with Gasteiger partial charge in [-0.2, -0.15) is 0 Å². The van der Waals surface area contributed by atoms with Crippen molar-refractivity contribution in [2.45, 2.75) is 6.92 Å². The van der Waals surface area contributed by atoms with Crippen molar-refractivity contribution in [1.29, 1.82) is 0 Å². The number of carbonyl (C=O) groups is 1. The molecule has 0 aliphatic heterocycles. The van der Waals surface area contributed by atoms with Gasteiger partial charge in [-0.15, -0.1) is 11.3 Å². The Morgan fingerprint density at radius 2 is 1.92 bits per heavy atom. The van der Waals surface area contributed by atoms with Crippen molar-refractivity contribution in [3.63, 3.8) is 0 Å². The molecule has 0 spiro atoms. The quantitative estimate of drug-likeness (QED) is 0.583. The summed E-state index contributed by atoms with van der Waals surface area (Å²) in [7, 11) is 0. The van der Waals surface area contributed by atoms with E-state index < -0.39 is 0 Å². The zero-order valence-electron chi connectivity index (χ0n) is 13.4. The van der Waals surface area contributed by atoms with Gasteiger partial charge in [-0.1, -0.05) is 35.9 Å². The fourth-order valence-electron chi connectivity index (χ4n) is 2.38. The topological polar surface area (TPSA) is 41.1 Å². The molecular formula is C19H15ClN2OS2. The lowest BCUT2D eigenvalue weighted by molar-refractivity contribution is 0.0977. The van der Waals surface area contributed by atoms with E-state index in [0.29, 0.717) is 10.6 Å². The van der Waals surface area contributed by atoms with E-state index in [-0.39, 0.29) is 11.0 Å². The van der Waals surface area contributed by atoms with Crippen molar-refractivity contribution in [3.8, 4) is 10.4 Å². The van der Waals surface area contributed by atoms with E-state index in [2.05, 4.69) is 10.6 Å². The van der Waals surface area contributed by atoms with Crippen LogP contribution in [0.5, 0.6) is 0 Å². The van der Waals surface area contributed by atoms with E-state index >= 15 is 0 Å². The van der Waals surface area contributed by atoms with Crippen molar-refractivity contribution < 1.29 is 4.79 Å². The summed E-state index contributed by atoms with van der Waals surface area (Å²) in [6, 6.07) is 17.0. The van der Waals surface area contributed by atoms with Crippen LogP contribution in [-0.4, -0.2) is 11.0 Å². The standard InChI is InChI=1S/C19H15ClN2OS2/c1-12-5-2-3-6-14(12)18(23)22-19(24)21-13-8-9-15(16(20)11-13)17-7-4-10-25-17/h2-11H,1H3,(H2,21,22,23,24). The number of thiocarbonyl (C=S) groups is 1. The molecule has 0 aliphatic carbocycles. The van der Waals surface area contributed by atoms with E-state index in [1.54, 1.807) is 23.5 Å². The fourth-order valence-corrected chi connectivity index (χ4v) is 3.70. The molecule has 3 aromatic rings. The lowest BCUT2D eigenvalue weighted by Gasteiger charge is -2.12. The molecule has 1 heterocycles. The van der Waals surface area contributed by atoms with E-state index in [1.807, 2.05) is 54.8 Å². The normalized spacial score (nSPS) is 10.3. The Kier molecular flexibility index (Phi) is 5.48. The van der Waals surface area contributed by atoms with Crippen LogP contribution >= 0.6 is 35.2 Å². The number of anilines is 1. The number of thiophene rings is 1. The molecule has 1 amide bonds. The maximum Gasteiger partial charge on any atom is 0.257 e. The summed E-state index contributed by atoms with van der Waals surface area (Å²) >= 11 is 13.2. The number of aryl methyl sites for hydroxylation is 1.